The molecule has 0 radical (unpaired) electrons. The SMILES string of the molecule is CCCCCCCC(CCCC)C(CCCC)CCCCCCC. The number of hydrogen-bond donors (Lipinski definition) is 0. The maximum absolute atomic E-state index is 2.37. The van der Waals surface area contributed by atoms with Crippen molar-refractivity contribution in [2.75, 3.05) is 0 Å². The van der Waals surface area contributed by atoms with Gasteiger partial charge in [-0.3, -0.25) is 0 Å². The average molecular weight is 339 g/mol. The zero-order valence-corrected chi connectivity index (χ0v) is 17.9. The Morgan fingerprint density at radius 2 is 0.625 bits per heavy atom. The minimum atomic E-state index is 1.03. The van der Waals surface area contributed by atoms with E-state index in [9.17, 15) is 0 Å². The van der Waals surface area contributed by atoms with Gasteiger partial charge in [0.25, 0.3) is 0 Å². The molecule has 0 aromatic rings. The smallest absolute Gasteiger partial charge is 0.0386 e. The summed E-state index contributed by atoms with van der Waals surface area (Å²) in [6, 6.07) is 0. The lowest BCUT2D eigenvalue weighted by Crippen LogP contribution is -2.16. The number of hydrogen-bond acceptors (Lipinski definition) is 0. The first-order valence-corrected chi connectivity index (χ1v) is 11.8. The van der Waals surface area contributed by atoms with E-state index in [2.05, 4.69) is 27.7 Å². The fourth-order valence-electron chi connectivity index (χ4n) is 4.18. The van der Waals surface area contributed by atoms with Gasteiger partial charge in [-0.2, -0.15) is 0 Å². The zero-order valence-electron chi connectivity index (χ0n) is 17.9. The van der Waals surface area contributed by atoms with Gasteiger partial charge in [0.2, 0.25) is 0 Å². The van der Waals surface area contributed by atoms with Gasteiger partial charge in [0.05, 0.1) is 0 Å². The van der Waals surface area contributed by atoms with E-state index in [0.29, 0.717) is 0 Å². The Morgan fingerprint density at radius 3 is 0.958 bits per heavy atom. The van der Waals surface area contributed by atoms with Crippen molar-refractivity contribution in [3.05, 3.63) is 0 Å². The molecule has 0 N–H and O–H groups in total. The Labute approximate surface area is 155 Å². The summed E-state index contributed by atoms with van der Waals surface area (Å²) < 4.78 is 0. The van der Waals surface area contributed by atoms with Gasteiger partial charge in [-0.25, -0.2) is 0 Å². The van der Waals surface area contributed by atoms with Crippen LogP contribution < -0.4 is 0 Å². The first-order valence-electron chi connectivity index (χ1n) is 11.8. The molecule has 0 heterocycles. The second-order valence-corrected chi connectivity index (χ2v) is 8.21. The summed E-state index contributed by atoms with van der Waals surface area (Å²) in [5.74, 6) is 2.06. The molecule has 0 heteroatoms. The fourth-order valence-corrected chi connectivity index (χ4v) is 4.18. The molecule has 2 atom stereocenters. The number of unbranched alkanes of at least 4 members (excludes halogenated alkanes) is 10. The highest BCUT2D eigenvalue weighted by Crippen LogP contribution is 2.33. The second kappa shape index (κ2) is 19.3. The Morgan fingerprint density at radius 1 is 0.333 bits per heavy atom. The van der Waals surface area contributed by atoms with E-state index >= 15 is 0 Å². The predicted molar refractivity (Wildman–Crippen MR) is 113 cm³/mol. The number of rotatable bonds is 19. The monoisotopic (exact) mass is 338 g/mol. The van der Waals surface area contributed by atoms with Crippen LogP contribution in [0.4, 0.5) is 0 Å². The molecule has 0 saturated carbocycles. The molecule has 0 bridgehead atoms. The van der Waals surface area contributed by atoms with Gasteiger partial charge in [0.15, 0.2) is 0 Å². The van der Waals surface area contributed by atoms with E-state index in [1.165, 1.54) is 116 Å². The van der Waals surface area contributed by atoms with Crippen LogP contribution in [0.5, 0.6) is 0 Å². The molecule has 0 fully saturated rings. The molecule has 0 rings (SSSR count). The van der Waals surface area contributed by atoms with Crippen molar-refractivity contribution in [2.24, 2.45) is 11.8 Å². The molecule has 0 amide bonds. The summed E-state index contributed by atoms with van der Waals surface area (Å²) in [7, 11) is 0. The van der Waals surface area contributed by atoms with Gasteiger partial charge in [-0.05, 0) is 11.8 Å². The zero-order chi connectivity index (χ0) is 17.9. The largest absolute Gasteiger partial charge is 0.0654 e. The van der Waals surface area contributed by atoms with Crippen molar-refractivity contribution < 1.29 is 0 Å². The molecule has 0 nitrogen and oxygen atoms in total. The van der Waals surface area contributed by atoms with Crippen molar-refractivity contribution in [1.82, 2.24) is 0 Å². The molecule has 0 aliphatic carbocycles. The van der Waals surface area contributed by atoms with Gasteiger partial charge in [0.1, 0.15) is 0 Å². The highest BCUT2D eigenvalue weighted by Gasteiger charge is 2.20. The molecule has 0 aromatic heterocycles. The van der Waals surface area contributed by atoms with E-state index < -0.39 is 0 Å². The van der Waals surface area contributed by atoms with Gasteiger partial charge in [0, 0.05) is 0 Å². The first kappa shape index (κ1) is 24.0. The van der Waals surface area contributed by atoms with E-state index in [1.54, 1.807) is 0 Å². The van der Waals surface area contributed by atoms with Crippen molar-refractivity contribution in [3.63, 3.8) is 0 Å². The van der Waals surface area contributed by atoms with Gasteiger partial charge in [-0.1, -0.05) is 143 Å². The lowest BCUT2D eigenvalue weighted by molar-refractivity contribution is 0.239. The van der Waals surface area contributed by atoms with Crippen LogP contribution in [0.1, 0.15) is 143 Å². The Hall–Kier alpha value is 0. The first-order chi connectivity index (χ1) is 11.8. The lowest BCUT2D eigenvalue weighted by atomic mass is 9.78. The molecule has 146 valence electrons. The van der Waals surface area contributed by atoms with Crippen LogP contribution in [0.3, 0.4) is 0 Å². The van der Waals surface area contributed by atoms with Crippen LogP contribution in [-0.2, 0) is 0 Å². The molecule has 2 unspecified atom stereocenters. The average Bonchev–Trinajstić information content (AvgIpc) is 2.60. The molecule has 0 aliphatic heterocycles. The minimum absolute atomic E-state index is 1.03. The lowest BCUT2D eigenvalue weighted by Gasteiger charge is -2.28. The van der Waals surface area contributed by atoms with Crippen LogP contribution in [0, 0.1) is 11.8 Å². The van der Waals surface area contributed by atoms with E-state index in [0.717, 1.165) is 11.8 Å². The van der Waals surface area contributed by atoms with Crippen LogP contribution in [0.2, 0.25) is 0 Å². The third kappa shape index (κ3) is 14.4. The quantitative estimate of drug-likeness (QED) is 0.206. The molecule has 0 aromatic carbocycles. The van der Waals surface area contributed by atoms with E-state index in [4.69, 9.17) is 0 Å². The summed E-state index contributed by atoms with van der Waals surface area (Å²) in [6.45, 7) is 9.38. The Balaban J connectivity index is 4.31. The summed E-state index contributed by atoms with van der Waals surface area (Å²) in [5, 5.41) is 0. The standard InChI is InChI=1S/C24H50/c1-5-9-13-15-17-21-23(19-11-7-3)24(20-12-8-4)22-18-16-14-10-6-2/h23-24H,5-22H2,1-4H3. The maximum atomic E-state index is 2.37. The molecule has 0 saturated heterocycles. The minimum Gasteiger partial charge on any atom is -0.0654 e. The molecular formula is C24H50. The van der Waals surface area contributed by atoms with Crippen molar-refractivity contribution >= 4 is 0 Å². The van der Waals surface area contributed by atoms with Crippen LogP contribution in [-0.4, -0.2) is 0 Å². The highest BCUT2D eigenvalue weighted by molar-refractivity contribution is 4.71. The van der Waals surface area contributed by atoms with Crippen molar-refractivity contribution in [2.45, 2.75) is 143 Å². The predicted octanol–water partition coefficient (Wildman–Crippen LogP) is 9.32. The fraction of sp³-hybridized carbons (Fsp3) is 1.00. The topological polar surface area (TPSA) is 0 Å². The molecular weight excluding hydrogens is 288 g/mol. The van der Waals surface area contributed by atoms with E-state index in [1.807, 2.05) is 0 Å². The summed E-state index contributed by atoms with van der Waals surface area (Å²) >= 11 is 0. The molecule has 24 heavy (non-hydrogen) atoms. The summed E-state index contributed by atoms with van der Waals surface area (Å²) in [6.07, 6.45) is 26.2. The van der Waals surface area contributed by atoms with Gasteiger partial charge >= 0.3 is 0 Å². The molecule has 0 aliphatic rings. The van der Waals surface area contributed by atoms with Crippen molar-refractivity contribution in [3.8, 4) is 0 Å². The summed E-state index contributed by atoms with van der Waals surface area (Å²) in [5.41, 5.74) is 0. The van der Waals surface area contributed by atoms with Crippen molar-refractivity contribution in [1.29, 1.82) is 0 Å². The Bertz CT molecular complexity index is 196. The third-order valence-corrected chi connectivity index (χ3v) is 5.88. The summed E-state index contributed by atoms with van der Waals surface area (Å²) in [4.78, 5) is 0. The van der Waals surface area contributed by atoms with Crippen LogP contribution in [0.25, 0.3) is 0 Å². The normalized spacial score (nSPS) is 14.0. The van der Waals surface area contributed by atoms with E-state index in [-0.39, 0.29) is 0 Å². The third-order valence-electron chi connectivity index (χ3n) is 5.88. The van der Waals surface area contributed by atoms with Crippen LogP contribution in [0.15, 0.2) is 0 Å². The maximum Gasteiger partial charge on any atom is -0.0386 e. The second-order valence-electron chi connectivity index (χ2n) is 8.21. The van der Waals surface area contributed by atoms with Gasteiger partial charge < -0.3 is 0 Å². The van der Waals surface area contributed by atoms with Gasteiger partial charge in [-0.15, -0.1) is 0 Å². The molecule has 0 spiro atoms. The Kier molecular flexibility index (Phi) is 19.3. The van der Waals surface area contributed by atoms with Crippen LogP contribution >= 0.6 is 0 Å². The highest BCUT2D eigenvalue weighted by atomic mass is 14.3.